The molecule has 0 aliphatic heterocycles. The van der Waals surface area contributed by atoms with Gasteiger partial charge in [0.05, 0.1) is 18.1 Å². The Labute approximate surface area is 91.8 Å². The Morgan fingerprint density at radius 1 is 1.75 bits per heavy atom. The fourth-order valence-corrected chi connectivity index (χ4v) is 0.873. The van der Waals surface area contributed by atoms with E-state index in [2.05, 4.69) is 9.97 Å². The van der Waals surface area contributed by atoms with E-state index in [-0.39, 0.29) is 18.2 Å². The molecule has 1 unspecified atom stereocenters. The maximum Gasteiger partial charge on any atom is 0.320 e. The molecule has 1 aliphatic carbocycles. The molecule has 0 bridgehead atoms. The zero-order valence-electron chi connectivity index (χ0n) is 8.59. The van der Waals surface area contributed by atoms with Gasteiger partial charge >= 0.3 is 5.97 Å². The molecule has 7 nitrogen and oxygen atoms in total. The number of carboxylic acids is 1. The molecule has 1 aromatic heterocycles. The van der Waals surface area contributed by atoms with Crippen LogP contribution in [0.2, 0.25) is 0 Å². The summed E-state index contributed by atoms with van der Waals surface area (Å²) in [4.78, 5) is 26.6. The first-order chi connectivity index (χ1) is 7.50. The molecule has 0 radical (unpaired) electrons. The highest BCUT2D eigenvalue weighted by Gasteiger charge is 2.29. The minimum absolute atomic E-state index is 0.0880. The summed E-state index contributed by atoms with van der Waals surface area (Å²) in [5.41, 5.74) is 10.9. The topological polar surface area (TPSA) is 135 Å². The largest absolute Gasteiger partial charge is 0.480 e. The highest BCUT2D eigenvalue weighted by atomic mass is 16.4. The molecule has 0 amide bonds. The Morgan fingerprint density at radius 2 is 2.31 bits per heavy atom. The van der Waals surface area contributed by atoms with Crippen molar-refractivity contribution in [2.45, 2.75) is 24.9 Å². The Morgan fingerprint density at radius 3 is 2.62 bits per heavy atom. The van der Waals surface area contributed by atoms with Gasteiger partial charge < -0.3 is 21.6 Å². The van der Waals surface area contributed by atoms with E-state index in [9.17, 15) is 9.59 Å². The summed E-state index contributed by atoms with van der Waals surface area (Å²) >= 11 is 0. The van der Waals surface area contributed by atoms with E-state index < -0.39 is 12.0 Å². The minimum Gasteiger partial charge on any atom is -0.480 e. The van der Waals surface area contributed by atoms with Crippen LogP contribution in [0.3, 0.4) is 0 Å². The fourth-order valence-electron chi connectivity index (χ4n) is 0.873. The number of aromatic nitrogens is 2. The lowest BCUT2D eigenvalue weighted by atomic mass is 10.2. The van der Waals surface area contributed by atoms with Crippen molar-refractivity contribution in [3.05, 3.63) is 18.2 Å². The van der Waals surface area contributed by atoms with E-state index in [1.54, 1.807) is 6.20 Å². The normalized spacial score (nSPS) is 19.6. The molecule has 88 valence electrons. The van der Waals surface area contributed by atoms with Gasteiger partial charge in [0, 0.05) is 19.0 Å². The number of nitrogens with one attached hydrogen (secondary N) is 1. The van der Waals surface area contributed by atoms with Crippen molar-refractivity contribution in [2.75, 3.05) is 0 Å². The minimum atomic E-state index is -1.01. The number of hydrogen-bond acceptors (Lipinski definition) is 5. The van der Waals surface area contributed by atoms with Gasteiger partial charge in [-0.15, -0.1) is 0 Å². The molecule has 1 fully saturated rings. The quantitative estimate of drug-likeness (QED) is 0.503. The number of aliphatic carboxylic acids is 1. The van der Waals surface area contributed by atoms with E-state index in [0.717, 1.165) is 0 Å². The number of hydrogen-bond donors (Lipinski definition) is 4. The van der Waals surface area contributed by atoms with Crippen LogP contribution in [0.15, 0.2) is 12.5 Å². The summed E-state index contributed by atoms with van der Waals surface area (Å²) in [6, 6.07) is -0.951. The average molecular weight is 226 g/mol. The van der Waals surface area contributed by atoms with Crippen LogP contribution in [-0.2, 0) is 16.0 Å². The lowest BCUT2D eigenvalue weighted by Crippen LogP contribution is -2.32. The Hall–Kier alpha value is -1.73. The predicted molar refractivity (Wildman–Crippen MR) is 55.5 cm³/mol. The van der Waals surface area contributed by atoms with Crippen LogP contribution in [0.1, 0.15) is 12.1 Å². The summed E-state index contributed by atoms with van der Waals surface area (Å²) in [5.74, 6) is -0.807. The summed E-state index contributed by atoms with van der Waals surface area (Å²) in [6.07, 6.45) is 3.99. The number of carbonyl (C=O) groups is 2. The first-order valence-corrected chi connectivity index (χ1v) is 4.75. The number of H-pyrrole nitrogens is 1. The first-order valence-electron chi connectivity index (χ1n) is 4.75. The van der Waals surface area contributed by atoms with Gasteiger partial charge in [-0.05, 0) is 0 Å². The third-order valence-corrected chi connectivity index (χ3v) is 1.98. The van der Waals surface area contributed by atoms with Crippen molar-refractivity contribution in [1.82, 2.24) is 9.97 Å². The highest BCUT2D eigenvalue weighted by molar-refractivity contribution is 5.99. The van der Waals surface area contributed by atoms with Crippen LogP contribution in [0.4, 0.5) is 0 Å². The summed E-state index contributed by atoms with van der Waals surface area (Å²) in [5, 5.41) is 8.42. The number of imidazole rings is 1. The number of nitrogens with two attached hydrogens (primary N) is 2. The molecule has 0 spiro atoms. The fraction of sp³-hybridized carbons (Fsp3) is 0.444. The molecule has 16 heavy (non-hydrogen) atoms. The number of aromatic amines is 1. The van der Waals surface area contributed by atoms with Crippen LogP contribution in [0.25, 0.3) is 0 Å². The van der Waals surface area contributed by atoms with E-state index >= 15 is 0 Å². The number of ketones is 1. The number of nitrogens with zero attached hydrogens (tertiary/aromatic N) is 1. The molecule has 0 saturated heterocycles. The molecule has 7 heteroatoms. The molecule has 6 N–H and O–H groups in total. The smallest absolute Gasteiger partial charge is 0.320 e. The van der Waals surface area contributed by atoms with Gasteiger partial charge in [-0.2, -0.15) is 0 Å². The van der Waals surface area contributed by atoms with Gasteiger partial charge in [0.2, 0.25) is 0 Å². The Bertz CT molecular complexity index is 363. The second kappa shape index (κ2) is 5.38. The van der Waals surface area contributed by atoms with E-state index in [0.29, 0.717) is 12.1 Å². The second-order valence-corrected chi connectivity index (χ2v) is 3.49. The van der Waals surface area contributed by atoms with Gasteiger partial charge in [-0.1, -0.05) is 0 Å². The van der Waals surface area contributed by atoms with Crippen LogP contribution in [0.5, 0.6) is 0 Å². The molecular formula is C9H14N4O3. The van der Waals surface area contributed by atoms with Crippen molar-refractivity contribution in [3.63, 3.8) is 0 Å². The molecule has 2 atom stereocenters. The van der Waals surface area contributed by atoms with E-state index in [1.165, 1.54) is 6.33 Å². The Balaban J connectivity index is 0.000000212. The van der Waals surface area contributed by atoms with Crippen molar-refractivity contribution in [3.8, 4) is 0 Å². The molecule has 2 rings (SSSR count). The van der Waals surface area contributed by atoms with Gasteiger partial charge in [0.1, 0.15) is 6.04 Å². The van der Waals surface area contributed by atoms with Gasteiger partial charge in [0.25, 0.3) is 0 Å². The zero-order valence-corrected chi connectivity index (χ0v) is 8.59. The molecule has 1 saturated carbocycles. The van der Waals surface area contributed by atoms with E-state index in [4.69, 9.17) is 16.6 Å². The van der Waals surface area contributed by atoms with Crippen LogP contribution in [-0.4, -0.2) is 38.9 Å². The van der Waals surface area contributed by atoms with Gasteiger partial charge in [0.15, 0.2) is 5.78 Å². The monoisotopic (exact) mass is 226 g/mol. The van der Waals surface area contributed by atoms with Crippen LogP contribution >= 0.6 is 0 Å². The van der Waals surface area contributed by atoms with Crippen molar-refractivity contribution >= 4 is 11.8 Å². The third-order valence-electron chi connectivity index (χ3n) is 1.98. The zero-order chi connectivity index (χ0) is 12.1. The maximum absolute atomic E-state index is 10.3. The number of Topliss-reactive ketones (excluding diaryl/α,β-unsaturated/α-hetero) is 1. The van der Waals surface area contributed by atoms with Crippen LogP contribution < -0.4 is 11.5 Å². The van der Waals surface area contributed by atoms with Crippen molar-refractivity contribution in [1.29, 1.82) is 0 Å². The highest BCUT2D eigenvalue weighted by Crippen LogP contribution is 2.07. The first kappa shape index (κ1) is 12.3. The van der Waals surface area contributed by atoms with Crippen molar-refractivity contribution < 1.29 is 14.7 Å². The SMILES string of the molecule is NC1CC1=O.N[C@H](Cc1c[nH]cn1)C(=O)O. The van der Waals surface area contributed by atoms with Gasteiger partial charge in [-0.3, -0.25) is 9.59 Å². The van der Waals surface area contributed by atoms with E-state index in [1.807, 2.05) is 0 Å². The molecular weight excluding hydrogens is 212 g/mol. The standard InChI is InChI=1S/C6H9N3O2.C3H5NO/c7-5(6(10)11)1-4-2-8-3-9-4;4-2-1-3(2)5/h2-3,5H,1,7H2,(H,8,9)(H,10,11);2H,1,4H2/t5-;/m1./s1. The summed E-state index contributed by atoms with van der Waals surface area (Å²) < 4.78 is 0. The summed E-state index contributed by atoms with van der Waals surface area (Å²) in [7, 11) is 0. The van der Waals surface area contributed by atoms with Crippen LogP contribution in [0, 0.1) is 0 Å². The molecule has 0 aromatic carbocycles. The summed E-state index contributed by atoms with van der Waals surface area (Å²) in [6.45, 7) is 0. The molecule has 1 aromatic rings. The second-order valence-electron chi connectivity index (χ2n) is 3.49. The van der Waals surface area contributed by atoms with Gasteiger partial charge in [-0.25, -0.2) is 4.98 Å². The molecule has 1 aliphatic rings. The maximum atomic E-state index is 10.3. The Kier molecular flexibility index (Phi) is 4.15. The lowest BCUT2D eigenvalue weighted by Gasteiger charge is -2.01. The van der Waals surface area contributed by atoms with Crippen molar-refractivity contribution in [2.24, 2.45) is 11.5 Å². The predicted octanol–water partition coefficient (Wildman–Crippen LogP) is -1.35. The third kappa shape index (κ3) is 4.20. The number of carboxylic acid groups (broad SMARTS) is 1. The number of rotatable bonds is 3. The lowest BCUT2D eigenvalue weighted by molar-refractivity contribution is -0.138. The average Bonchev–Trinajstić information content (AvgIpc) is 2.71. The number of carbonyl (C=O) groups excluding carboxylic acids is 1. The molecule has 1 heterocycles.